The Morgan fingerprint density at radius 2 is 1.77 bits per heavy atom. The standard InChI is InChI=1S/C25H27N3O3/c29-24(27-21-9-4-5-10-21)23(20-12-15-26-16-13-20)28(25(30)22-11-6-18-31-22)17-14-19-7-2-1-3-8-19/h1-3,6-8,11-13,15-16,18,21,23H,4-5,9-10,14,17H2,(H,27,29). The zero-order chi connectivity index (χ0) is 21.5. The lowest BCUT2D eigenvalue weighted by atomic mass is 10.0. The predicted molar refractivity (Wildman–Crippen MR) is 117 cm³/mol. The summed E-state index contributed by atoms with van der Waals surface area (Å²) < 4.78 is 5.39. The number of hydrogen-bond donors (Lipinski definition) is 1. The van der Waals surface area contributed by atoms with Gasteiger partial charge < -0.3 is 14.6 Å². The fraction of sp³-hybridized carbons (Fsp3) is 0.320. The van der Waals surface area contributed by atoms with Gasteiger partial charge in [0.05, 0.1) is 6.26 Å². The van der Waals surface area contributed by atoms with Crippen LogP contribution in [0.1, 0.15) is 53.4 Å². The minimum absolute atomic E-state index is 0.159. The molecule has 0 spiro atoms. The summed E-state index contributed by atoms with van der Waals surface area (Å²) in [6.07, 6.45) is 9.60. The van der Waals surface area contributed by atoms with Crippen molar-refractivity contribution in [3.63, 3.8) is 0 Å². The smallest absolute Gasteiger partial charge is 0.290 e. The highest BCUT2D eigenvalue weighted by atomic mass is 16.3. The van der Waals surface area contributed by atoms with Gasteiger partial charge in [0.25, 0.3) is 5.91 Å². The van der Waals surface area contributed by atoms with Crippen LogP contribution in [0.25, 0.3) is 0 Å². The summed E-state index contributed by atoms with van der Waals surface area (Å²) in [6.45, 7) is 0.384. The maximum atomic E-state index is 13.5. The zero-order valence-electron chi connectivity index (χ0n) is 17.4. The van der Waals surface area contributed by atoms with Crippen molar-refractivity contribution in [2.24, 2.45) is 0 Å². The van der Waals surface area contributed by atoms with Crippen LogP contribution in [0.5, 0.6) is 0 Å². The van der Waals surface area contributed by atoms with Gasteiger partial charge in [-0.2, -0.15) is 0 Å². The highest BCUT2D eigenvalue weighted by molar-refractivity contribution is 5.96. The van der Waals surface area contributed by atoms with Gasteiger partial charge in [-0.05, 0) is 54.7 Å². The summed E-state index contributed by atoms with van der Waals surface area (Å²) in [4.78, 5) is 32.6. The van der Waals surface area contributed by atoms with Crippen LogP contribution in [0.3, 0.4) is 0 Å². The summed E-state index contributed by atoms with van der Waals surface area (Å²) in [5.74, 6) is -0.240. The van der Waals surface area contributed by atoms with E-state index in [-0.39, 0.29) is 23.6 Å². The van der Waals surface area contributed by atoms with Gasteiger partial charge in [-0.3, -0.25) is 14.6 Å². The Bertz CT molecular complexity index is 968. The summed E-state index contributed by atoms with van der Waals surface area (Å²) in [5, 5.41) is 3.17. The van der Waals surface area contributed by atoms with Gasteiger partial charge in [-0.1, -0.05) is 43.2 Å². The third-order valence-corrected chi connectivity index (χ3v) is 5.76. The van der Waals surface area contributed by atoms with Crippen LogP contribution < -0.4 is 5.32 Å². The maximum Gasteiger partial charge on any atom is 0.290 e. The number of pyridine rings is 1. The van der Waals surface area contributed by atoms with Crippen LogP contribution in [-0.4, -0.2) is 34.3 Å². The first-order chi connectivity index (χ1) is 15.2. The van der Waals surface area contributed by atoms with Gasteiger partial charge in [-0.25, -0.2) is 0 Å². The molecule has 1 atom stereocenters. The van der Waals surface area contributed by atoms with Gasteiger partial charge in [0.1, 0.15) is 6.04 Å². The van der Waals surface area contributed by atoms with Crippen LogP contribution >= 0.6 is 0 Å². The largest absolute Gasteiger partial charge is 0.459 e. The molecule has 2 amide bonds. The minimum atomic E-state index is -0.759. The molecule has 1 unspecified atom stereocenters. The van der Waals surface area contributed by atoms with E-state index in [1.807, 2.05) is 30.3 Å². The Morgan fingerprint density at radius 1 is 1.03 bits per heavy atom. The molecule has 1 aromatic carbocycles. The highest BCUT2D eigenvalue weighted by Gasteiger charge is 2.34. The molecule has 1 saturated carbocycles. The Labute approximate surface area is 182 Å². The first-order valence-corrected chi connectivity index (χ1v) is 10.8. The third-order valence-electron chi connectivity index (χ3n) is 5.76. The molecule has 31 heavy (non-hydrogen) atoms. The average Bonchev–Trinajstić information content (AvgIpc) is 3.52. The molecule has 0 aliphatic heterocycles. The van der Waals surface area contributed by atoms with E-state index < -0.39 is 6.04 Å². The van der Waals surface area contributed by atoms with Gasteiger partial charge in [0, 0.05) is 25.0 Å². The van der Waals surface area contributed by atoms with Gasteiger partial charge in [0.2, 0.25) is 5.91 Å². The lowest BCUT2D eigenvalue weighted by Gasteiger charge is -2.31. The summed E-state index contributed by atoms with van der Waals surface area (Å²) in [7, 11) is 0. The van der Waals surface area contributed by atoms with E-state index in [0.717, 1.165) is 36.8 Å². The van der Waals surface area contributed by atoms with Crippen molar-refractivity contribution in [3.8, 4) is 0 Å². The molecule has 0 saturated heterocycles. The van der Waals surface area contributed by atoms with Crippen molar-refractivity contribution in [2.75, 3.05) is 6.54 Å². The molecule has 1 aliphatic rings. The molecule has 1 N–H and O–H groups in total. The van der Waals surface area contributed by atoms with Crippen LogP contribution in [0.2, 0.25) is 0 Å². The molecule has 2 aromatic heterocycles. The molecule has 1 fully saturated rings. The van der Waals surface area contributed by atoms with Gasteiger partial charge in [0.15, 0.2) is 5.76 Å². The highest BCUT2D eigenvalue weighted by Crippen LogP contribution is 2.26. The molecule has 160 valence electrons. The number of furan rings is 1. The third kappa shape index (κ3) is 5.20. The van der Waals surface area contributed by atoms with Crippen molar-refractivity contribution >= 4 is 11.8 Å². The first kappa shape index (κ1) is 20.8. The van der Waals surface area contributed by atoms with Crippen LogP contribution in [0.15, 0.2) is 77.7 Å². The monoisotopic (exact) mass is 417 g/mol. The van der Waals surface area contributed by atoms with E-state index in [1.165, 1.54) is 6.26 Å². The average molecular weight is 418 g/mol. The second kappa shape index (κ2) is 10.1. The molecule has 3 aromatic rings. The number of amides is 2. The van der Waals surface area contributed by atoms with E-state index in [0.29, 0.717) is 13.0 Å². The Hall–Kier alpha value is -3.41. The normalized spacial score (nSPS) is 14.8. The number of rotatable bonds is 8. The van der Waals surface area contributed by atoms with Crippen LogP contribution in [0.4, 0.5) is 0 Å². The maximum absolute atomic E-state index is 13.5. The second-order valence-corrected chi connectivity index (χ2v) is 7.88. The lowest BCUT2D eigenvalue weighted by Crippen LogP contribution is -2.46. The topological polar surface area (TPSA) is 75.4 Å². The van der Waals surface area contributed by atoms with Crippen molar-refractivity contribution in [1.29, 1.82) is 0 Å². The fourth-order valence-electron chi connectivity index (χ4n) is 4.15. The van der Waals surface area contributed by atoms with Gasteiger partial charge in [-0.15, -0.1) is 0 Å². The molecular weight excluding hydrogens is 390 g/mol. The van der Waals surface area contributed by atoms with E-state index >= 15 is 0 Å². The molecule has 4 rings (SSSR count). The Morgan fingerprint density at radius 3 is 2.45 bits per heavy atom. The minimum Gasteiger partial charge on any atom is -0.459 e. The number of carbonyl (C=O) groups is 2. The molecule has 0 bridgehead atoms. The Kier molecular flexibility index (Phi) is 6.77. The molecule has 2 heterocycles. The van der Waals surface area contributed by atoms with Crippen LogP contribution in [-0.2, 0) is 11.2 Å². The van der Waals surface area contributed by atoms with Crippen molar-refractivity contribution < 1.29 is 14.0 Å². The number of carbonyl (C=O) groups excluding carboxylic acids is 2. The molecule has 6 heteroatoms. The number of aromatic nitrogens is 1. The second-order valence-electron chi connectivity index (χ2n) is 7.88. The number of nitrogens with one attached hydrogen (secondary N) is 1. The first-order valence-electron chi connectivity index (χ1n) is 10.8. The molecule has 0 radical (unpaired) electrons. The quantitative estimate of drug-likeness (QED) is 0.597. The van der Waals surface area contributed by atoms with E-state index in [9.17, 15) is 9.59 Å². The lowest BCUT2D eigenvalue weighted by molar-refractivity contribution is -0.126. The number of nitrogens with zero attached hydrogens (tertiary/aromatic N) is 2. The Balaban J connectivity index is 1.65. The summed E-state index contributed by atoms with van der Waals surface area (Å²) >= 11 is 0. The zero-order valence-corrected chi connectivity index (χ0v) is 17.4. The van der Waals surface area contributed by atoms with Gasteiger partial charge >= 0.3 is 0 Å². The molecule has 6 nitrogen and oxygen atoms in total. The molecule has 1 aliphatic carbocycles. The fourth-order valence-corrected chi connectivity index (χ4v) is 4.15. The summed E-state index contributed by atoms with van der Waals surface area (Å²) in [6, 6.07) is 16.3. The predicted octanol–water partition coefficient (Wildman–Crippen LogP) is 4.16. The van der Waals surface area contributed by atoms with Crippen molar-refractivity contribution in [1.82, 2.24) is 15.2 Å². The van der Waals surface area contributed by atoms with E-state index in [4.69, 9.17) is 4.42 Å². The number of benzene rings is 1. The molecular formula is C25H27N3O3. The number of hydrogen-bond acceptors (Lipinski definition) is 4. The summed E-state index contributed by atoms with van der Waals surface area (Å²) in [5.41, 5.74) is 1.84. The van der Waals surface area contributed by atoms with Crippen molar-refractivity contribution in [2.45, 2.75) is 44.2 Å². The van der Waals surface area contributed by atoms with Crippen LogP contribution in [0, 0.1) is 0 Å². The van der Waals surface area contributed by atoms with E-state index in [2.05, 4.69) is 10.3 Å². The SMILES string of the molecule is O=C(NC1CCCC1)C(c1ccncc1)N(CCc1ccccc1)C(=O)c1ccco1. The van der Waals surface area contributed by atoms with E-state index in [1.54, 1.807) is 41.6 Å². The van der Waals surface area contributed by atoms with Crippen molar-refractivity contribution in [3.05, 3.63) is 90.1 Å².